The average Bonchev–Trinajstić information content (AvgIpc) is 2.98. The lowest BCUT2D eigenvalue weighted by Gasteiger charge is -2.11. The standard InChI is InChI=1S/C15H18ClN3S/c1-17-15(19-11-13-6-4-10-20-13)18-9-8-12-5-2-3-7-14(12)16/h2-7,10H,8-9,11H2,1H3,(H2,17,18,19). The molecule has 0 unspecified atom stereocenters. The summed E-state index contributed by atoms with van der Waals surface area (Å²) in [5.41, 5.74) is 1.15. The topological polar surface area (TPSA) is 36.4 Å². The van der Waals surface area contributed by atoms with Crippen LogP contribution in [0.1, 0.15) is 10.4 Å². The van der Waals surface area contributed by atoms with Crippen molar-refractivity contribution in [2.24, 2.45) is 4.99 Å². The van der Waals surface area contributed by atoms with Gasteiger partial charge in [-0.2, -0.15) is 0 Å². The van der Waals surface area contributed by atoms with Crippen molar-refractivity contribution in [1.82, 2.24) is 10.6 Å². The van der Waals surface area contributed by atoms with E-state index in [4.69, 9.17) is 11.6 Å². The van der Waals surface area contributed by atoms with Crippen LogP contribution in [0.3, 0.4) is 0 Å². The number of halogens is 1. The second-order valence-electron chi connectivity index (χ2n) is 4.27. The van der Waals surface area contributed by atoms with E-state index in [2.05, 4.69) is 33.1 Å². The quantitative estimate of drug-likeness (QED) is 0.657. The Morgan fingerprint density at radius 3 is 2.75 bits per heavy atom. The smallest absolute Gasteiger partial charge is 0.191 e. The lowest BCUT2D eigenvalue weighted by atomic mass is 10.1. The maximum absolute atomic E-state index is 6.13. The monoisotopic (exact) mass is 307 g/mol. The van der Waals surface area contributed by atoms with Crippen LogP contribution >= 0.6 is 22.9 Å². The molecule has 0 radical (unpaired) electrons. The summed E-state index contributed by atoms with van der Waals surface area (Å²) in [6, 6.07) is 12.1. The van der Waals surface area contributed by atoms with Crippen molar-refractivity contribution in [2.45, 2.75) is 13.0 Å². The molecule has 2 rings (SSSR count). The molecule has 5 heteroatoms. The van der Waals surface area contributed by atoms with Gasteiger partial charge in [0.05, 0.1) is 6.54 Å². The number of rotatable bonds is 5. The summed E-state index contributed by atoms with van der Waals surface area (Å²) in [4.78, 5) is 5.50. The Morgan fingerprint density at radius 1 is 1.20 bits per heavy atom. The fourth-order valence-corrected chi connectivity index (χ4v) is 2.70. The van der Waals surface area contributed by atoms with Crippen molar-refractivity contribution < 1.29 is 0 Å². The fourth-order valence-electron chi connectivity index (χ4n) is 1.82. The highest BCUT2D eigenvalue weighted by Gasteiger charge is 2.01. The highest BCUT2D eigenvalue weighted by Crippen LogP contribution is 2.14. The molecule has 3 nitrogen and oxygen atoms in total. The zero-order valence-electron chi connectivity index (χ0n) is 11.4. The van der Waals surface area contributed by atoms with E-state index in [-0.39, 0.29) is 0 Å². The average molecular weight is 308 g/mol. The van der Waals surface area contributed by atoms with Crippen molar-refractivity contribution in [3.8, 4) is 0 Å². The first-order valence-corrected chi connectivity index (χ1v) is 7.75. The van der Waals surface area contributed by atoms with Crippen LogP contribution in [0, 0.1) is 0 Å². The summed E-state index contributed by atoms with van der Waals surface area (Å²) >= 11 is 7.87. The van der Waals surface area contributed by atoms with Gasteiger partial charge >= 0.3 is 0 Å². The summed E-state index contributed by atoms with van der Waals surface area (Å²) in [5, 5.41) is 9.47. The highest BCUT2D eigenvalue weighted by atomic mass is 35.5. The third-order valence-electron chi connectivity index (χ3n) is 2.88. The number of hydrogen-bond acceptors (Lipinski definition) is 2. The zero-order valence-corrected chi connectivity index (χ0v) is 13.0. The van der Waals surface area contributed by atoms with Gasteiger partial charge in [-0.3, -0.25) is 4.99 Å². The van der Waals surface area contributed by atoms with E-state index in [1.54, 1.807) is 18.4 Å². The molecule has 1 aromatic carbocycles. The molecule has 0 saturated heterocycles. The normalized spacial score (nSPS) is 11.4. The minimum Gasteiger partial charge on any atom is -0.356 e. The van der Waals surface area contributed by atoms with Gasteiger partial charge in [0.15, 0.2) is 5.96 Å². The van der Waals surface area contributed by atoms with Crippen LogP contribution < -0.4 is 10.6 Å². The predicted molar refractivity (Wildman–Crippen MR) is 87.7 cm³/mol. The van der Waals surface area contributed by atoms with E-state index in [9.17, 15) is 0 Å². The van der Waals surface area contributed by atoms with Gasteiger partial charge in [0.1, 0.15) is 0 Å². The maximum Gasteiger partial charge on any atom is 0.191 e. The number of guanidine groups is 1. The van der Waals surface area contributed by atoms with Gasteiger partial charge in [0, 0.05) is 23.5 Å². The zero-order chi connectivity index (χ0) is 14.2. The van der Waals surface area contributed by atoms with Crippen LogP contribution in [-0.4, -0.2) is 19.6 Å². The van der Waals surface area contributed by atoms with Crippen LogP contribution in [0.2, 0.25) is 5.02 Å². The Balaban J connectivity index is 1.75. The van der Waals surface area contributed by atoms with Crippen LogP contribution in [0.25, 0.3) is 0 Å². The fraction of sp³-hybridized carbons (Fsp3) is 0.267. The Labute approximate surface area is 128 Å². The molecule has 106 valence electrons. The molecule has 0 saturated carbocycles. The van der Waals surface area contributed by atoms with E-state index in [1.807, 2.05) is 24.3 Å². The van der Waals surface area contributed by atoms with Gasteiger partial charge in [-0.15, -0.1) is 11.3 Å². The molecular weight excluding hydrogens is 290 g/mol. The van der Waals surface area contributed by atoms with Crippen molar-refractivity contribution in [2.75, 3.05) is 13.6 Å². The minimum absolute atomic E-state index is 0.795. The van der Waals surface area contributed by atoms with E-state index < -0.39 is 0 Å². The largest absolute Gasteiger partial charge is 0.356 e. The van der Waals surface area contributed by atoms with Crippen LogP contribution in [0.4, 0.5) is 0 Å². The molecule has 1 heterocycles. The summed E-state index contributed by atoms with van der Waals surface area (Å²) in [7, 11) is 1.78. The Kier molecular flexibility index (Phi) is 5.89. The van der Waals surface area contributed by atoms with Crippen LogP contribution in [0.5, 0.6) is 0 Å². The molecule has 0 fully saturated rings. The van der Waals surface area contributed by atoms with Gasteiger partial charge in [0.25, 0.3) is 0 Å². The van der Waals surface area contributed by atoms with Gasteiger partial charge in [0.2, 0.25) is 0 Å². The molecule has 0 aliphatic carbocycles. The number of nitrogens with one attached hydrogen (secondary N) is 2. The minimum atomic E-state index is 0.795. The number of benzene rings is 1. The third-order valence-corrected chi connectivity index (χ3v) is 4.12. The molecular formula is C15H18ClN3S. The summed E-state index contributed by atoms with van der Waals surface area (Å²) < 4.78 is 0. The molecule has 0 aliphatic heterocycles. The second-order valence-corrected chi connectivity index (χ2v) is 5.71. The van der Waals surface area contributed by atoms with E-state index in [0.717, 1.165) is 36.1 Å². The first-order chi connectivity index (χ1) is 9.79. The van der Waals surface area contributed by atoms with Gasteiger partial charge in [-0.1, -0.05) is 35.9 Å². The van der Waals surface area contributed by atoms with Crippen molar-refractivity contribution in [1.29, 1.82) is 0 Å². The lowest BCUT2D eigenvalue weighted by molar-refractivity contribution is 0.799. The molecule has 0 atom stereocenters. The maximum atomic E-state index is 6.13. The van der Waals surface area contributed by atoms with Gasteiger partial charge in [-0.25, -0.2) is 0 Å². The van der Waals surface area contributed by atoms with Crippen LogP contribution in [-0.2, 0) is 13.0 Å². The molecule has 0 amide bonds. The SMILES string of the molecule is CN=C(NCCc1ccccc1Cl)NCc1cccs1. The Morgan fingerprint density at radius 2 is 2.05 bits per heavy atom. The number of aliphatic imine (C=N–C) groups is 1. The Hall–Kier alpha value is -1.52. The van der Waals surface area contributed by atoms with E-state index >= 15 is 0 Å². The van der Waals surface area contributed by atoms with Crippen molar-refractivity contribution >= 4 is 28.9 Å². The molecule has 0 aliphatic rings. The lowest BCUT2D eigenvalue weighted by Crippen LogP contribution is -2.37. The summed E-state index contributed by atoms with van der Waals surface area (Å²) in [6.07, 6.45) is 0.874. The summed E-state index contributed by atoms with van der Waals surface area (Å²) in [5.74, 6) is 0.811. The second kappa shape index (κ2) is 7.92. The molecule has 2 aromatic rings. The molecule has 1 aromatic heterocycles. The van der Waals surface area contributed by atoms with Gasteiger partial charge < -0.3 is 10.6 Å². The number of thiophene rings is 1. The third kappa shape index (κ3) is 4.54. The predicted octanol–water partition coefficient (Wildman–Crippen LogP) is 3.31. The number of hydrogen-bond donors (Lipinski definition) is 2. The first-order valence-electron chi connectivity index (χ1n) is 6.50. The van der Waals surface area contributed by atoms with Gasteiger partial charge in [-0.05, 0) is 29.5 Å². The Bertz CT molecular complexity index is 552. The first kappa shape index (κ1) is 14.9. The van der Waals surface area contributed by atoms with Crippen LogP contribution in [0.15, 0.2) is 46.8 Å². The number of nitrogens with zero attached hydrogens (tertiary/aromatic N) is 1. The molecule has 2 N–H and O–H groups in total. The van der Waals surface area contributed by atoms with Crippen molar-refractivity contribution in [3.63, 3.8) is 0 Å². The molecule has 20 heavy (non-hydrogen) atoms. The highest BCUT2D eigenvalue weighted by molar-refractivity contribution is 7.09. The van der Waals surface area contributed by atoms with E-state index in [1.165, 1.54) is 4.88 Å². The molecule has 0 bridgehead atoms. The summed E-state index contributed by atoms with van der Waals surface area (Å²) in [6.45, 7) is 1.59. The molecule has 0 spiro atoms. The van der Waals surface area contributed by atoms with E-state index in [0.29, 0.717) is 0 Å². The van der Waals surface area contributed by atoms with Crippen molar-refractivity contribution in [3.05, 3.63) is 57.2 Å².